The van der Waals surface area contributed by atoms with Gasteiger partial charge in [-0.25, -0.2) is 5.43 Å². The van der Waals surface area contributed by atoms with Crippen molar-refractivity contribution in [1.29, 1.82) is 0 Å². The van der Waals surface area contributed by atoms with E-state index < -0.39 is 0 Å². The lowest BCUT2D eigenvalue weighted by Crippen LogP contribution is -2.17. The Bertz CT molecular complexity index is 934. The molecule has 0 aliphatic rings. The average molecular weight is 348 g/mol. The van der Waals surface area contributed by atoms with Crippen LogP contribution in [-0.4, -0.2) is 25.8 Å². The zero-order valence-corrected chi connectivity index (χ0v) is 14.7. The van der Waals surface area contributed by atoms with Crippen LogP contribution in [0, 0.1) is 0 Å². The van der Waals surface area contributed by atoms with Gasteiger partial charge in [-0.1, -0.05) is 18.2 Å². The predicted octanol–water partition coefficient (Wildman–Crippen LogP) is 4.01. The number of hydrogen-bond acceptors (Lipinski definition) is 4. The normalized spacial score (nSPS) is 10.8. The second-order valence-electron chi connectivity index (χ2n) is 5.63. The lowest BCUT2D eigenvalue weighted by molar-refractivity contribution is 0.0955. The van der Waals surface area contributed by atoms with E-state index in [1.54, 1.807) is 37.6 Å². The molecule has 5 heteroatoms. The van der Waals surface area contributed by atoms with Gasteiger partial charge >= 0.3 is 0 Å². The van der Waals surface area contributed by atoms with Gasteiger partial charge in [0, 0.05) is 5.56 Å². The third-order valence-electron chi connectivity index (χ3n) is 3.88. The summed E-state index contributed by atoms with van der Waals surface area (Å²) in [5.74, 6) is 1.29. The van der Waals surface area contributed by atoms with Crippen LogP contribution < -0.4 is 14.9 Å². The number of rotatable bonds is 6. The van der Waals surface area contributed by atoms with Gasteiger partial charge in [0.25, 0.3) is 5.91 Å². The van der Waals surface area contributed by atoms with Gasteiger partial charge in [-0.05, 0) is 65.7 Å². The van der Waals surface area contributed by atoms with Crippen LogP contribution >= 0.6 is 0 Å². The summed E-state index contributed by atoms with van der Waals surface area (Å²) in [5.41, 5.74) is 3.96. The second kappa shape index (κ2) is 8.16. The first-order valence-corrected chi connectivity index (χ1v) is 8.33. The molecular weight excluding hydrogens is 328 g/mol. The van der Waals surface area contributed by atoms with E-state index in [9.17, 15) is 4.79 Å². The van der Waals surface area contributed by atoms with Crippen molar-refractivity contribution in [3.8, 4) is 11.5 Å². The molecule has 1 N–H and O–H groups in total. The Labute approximate surface area is 152 Å². The Morgan fingerprint density at radius 3 is 2.42 bits per heavy atom. The molecule has 0 radical (unpaired) electrons. The van der Waals surface area contributed by atoms with Gasteiger partial charge in [0.2, 0.25) is 0 Å². The molecule has 3 aromatic rings. The Balaban J connectivity index is 1.65. The molecule has 5 nitrogen and oxygen atoms in total. The van der Waals surface area contributed by atoms with Crippen molar-refractivity contribution >= 4 is 22.9 Å². The van der Waals surface area contributed by atoms with E-state index in [1.807, 2.05) is 43.3 Å². The molecule has 0 saturated carbocycles. The summed E-state index contributed by atoms with van der Waals surface area (Å²) in [6.45, 7) is 2.51. The van der Waals surface area contributed by atoms with E-state index in [-0.39, 0.29) is 5.91 Å². The number of hydrazone groups is 1. The van der Waals surface area contributed by atoms with Gasteiger partial charge in [-0.2, -0.15) is 5.10 Å². The van der Waals surface area contributed by atoms with Crippen LogP contribution in [0.4, 0.5) is 0 Å². The number of nitrogens with one attached hydrogen (secondary N) is 1. The van der Waals surface area contributed by atoms with Crippen LogP contribution in [0.3, 0.4) is 0 Å². The Morgan fingerprint density at radius 2 is 1.69 bits per heavy atom. The minimum Gasteiger partial charge on any atom is -0.497 e. The molecule has 0 spiro atoms. The van der Waals surface area contributed by atoms with Crippen molar-refractivity contribution in [3.63, 3.8) is 0 Å². The highest BCUT2D eigenvalue weighted by atomic mass is 16.5. The molecule has 0 fully saturated rings. The van der Waals surface area contributed by atoms with Crippen LogP contribution in [0.15, 0.2) is 65.8 Å². The molecule has 132 valence electrons. The fourth-order valence-electron chi connectivity index (χ4n) is 2.55. The molecule has 3 aromatic carbocycles. The molecule has 0 aliphatic carbocycles. The van der Waals surface area contributed by atoms with Crippen LogP contribution in [0.2, 0.25) is 0 Å². The number of carbonyl (C=O) groups excluding carboxylic acids is 1. The fourth-order valence-corrected chi connectivity index (χ4v) is 2.55. The molecule has 0 atom stereocenters. The predicted molar refractivity (Wildman–Crippen MR) is 103 cm³/mol. The molecule has 0 bridgehead atoms. The van der Waals surface area contributed by atoms with E-state index >= 15 is 0 Å². The van der Waals surface area contributed by atoms with E-state index in [2.05, 4.69) is 10.5 Å². The number of ether oxygens (including phenoxy) is 2. The summed E-state index contributed by atoms with van der Waals surface area (Å²) in [6, 6.07) is 18.8. The zero-order chi connectivity index (χ0) is 18.4. The number of benzene rings is 3. The van der Waals surface area contributed by atoms with Crippen LogP contribution in [0.25, 0.3) is 10.8 Å². The second-order valence-corrected chi connectivity index (χ2v) is 5.63. The fraction of sp³-hybridized carbons (Fsp3) is 0.143. The third-order valence-corrected chi connectivity index (χ3v) is 3.88. The summed E-state index contributed by atoms with van der Waals surface area (Å²) >= 11 is 0. The highest BCUT2D eigenvalue weighted by Gasteiger charge is 2.04. The smallest absolute Gasteiger partial charge is 0.271 e. The summed E-state index contributed by atoms with van der Waals surface area (Å²) in [4.78, 5) is 12.1. The molecule has 0 aromatic heterocycles. The Kier molecular flexibility index (Phi) is 5.49. The first-order chi connectivity index (χ1) is 12.7. The maximum atomic E-state index is 12.1. The van der Waals surface area contributed by atoms with E-state index in [4.69, 9.17) is 9.47 Å². The van der Waals surface area contributed by atoms with Crippen LogP contribution in [0.1, 0.15) is 22.8 Å². The van der Waals surface area contributed by atoms with Crippen molar-refractivity contribution in [1.82, 2.24) is 5.43 Å². The highest BCUT2D eigenvalue weighted by molar-refractivity contribution is 5.95. The molecule has 0 aliphatic heterocycles. The summed E-state index contributed by atoms with van der Waals surface area (Å²) in [6.07, 6.45) is 1.62. The number of methoxy groups -OCH3 is 1. The number of fused-ring (bicyclic) bond motifs is 1. The van der Waals surface area contributed by atoms with Gasteiger partial charge in [-0.3, -0.25) is 4.79 Å². The lowest BCUT2D eigenvalue weighted by atomic mass is 10.1. The van der Waals surface area contributed by atoms with Crippen molar-refractivity contribution in [2.75, 3.05) is 13.7 Å². The lowest BCUT2D eigenvalue weighted by Gasteiger charge is -2.04. The first-order valence-electron chi connectivity index (χ1n) is 8.33. The summed E-state index contributed by atoms with van der Waals surface area (Å²) in [7, 11) is 1.65. The number of amides is 1. The average Bonchev–Trinajstić information content (AvgIpc) is 2.68. The largest absolute Gasteiger partial charge is 0.497 e. The number of hydrogen-bond donors (Lipinski definition) is 1. The van der Waals surface area contributed by atoms with Gasteiger partial charge in [0.05, 0.1) is 19.9 Å². The summed E-state index contributed by atoms with van der Waals surface area (Å²) < 4.78 is 10.6. The van der Waals surface area contributed by atoms with Gasteiger partial charge in [0.15, 0.2) is 0 Å². The molecule has 3 rings (SSSR count). The minimum absolute atomic E-state index is 0.269. The van der Waals surface area contributed by atoms with E-state index in [1.165, 1.54) is 0 Å². The van der Waals surface area contributed by atoms with Crippen molar-refractivity contribution < 1.29 is 14.3 Å². The topological polar surface area (TPSA) is 59.9 Å². The van der Waals surface area contributed by atoms with E-state index in [0.717, 1.165) is 27.8 Å². The van der Waals surface area contributed by atoms with Gasteiger partial charge in [-0.15, -0.1) is 0 Å². The van der Waals surface area contributed by atoms with Gasteiger partial charge in [0.1, 0.15) is 11.5 Å². The van der Waals surface area contributed by atoms with E-state index in [0.29, 0.717) is 12.2 Å². The van der Waals surface area contributed by atoms with Crippen LogP contribution in [-0.2, 0) is 0 Å². The Morgan fingerprint density at radius 1 is 1.00 bits per heavy atom. The SMILES string of the molecule is CCOc1ccc(C(=O)N/N=C\c2ccc3cc(OC)ccc3c2)cc1. The summed E-state index contributed by atoms with van der Waals surface area (Å²) in [5, 5.41) is 6.20. The molecule has 26 heavy (non-hydrogen) atoms. The molecule has 0 unspecified atom stereocenters. The van der Waals surface area contributed by atoms with Crippen molar-refractivity contribution in [2.45, 2.75) is 6.92 Å². The van der Waals surface area contributed by atoms with Crippen LogP contribution in [0.5, 0.6) is 11.5 Å². The van der Waals surface area contributed by atoms with Gasteiger partial charge < -0.3 is 9.47 Å². The quantitative estimate of drug-likeness (QED) is 0.541. The monoisotopic (exact) mass is 348 g/mol. The number of carbonyl (C=O) groups is 1. The Hall–Kier alpha value is -3.34. The molecular formula is C21H20N2O3. The molecule has 0 heterocycles. The highest BCUT2D eigenvalue weighted by Crippen LogP contribution is 2.21. The standard InChI is InChI=1S/C21H20N2O3/c1-3-26-19-9-6-16(7-10-19)21(24)23-22-14-15-4-5-18-13-20(25-2)11-8-17(18)12-15/h4-14H,3H2,1-2H3,(H,23,24)/b22-14-. The molecule has 0 saturated heterocycles. The maximum absolute atomic E-state index is 12.1. The third kappa shape index (κ3) is 4.19. The van der Waals surface area contributed by atoms with Crippen molar-refractivity contribution in [2.24, 2.45) is 5.10 Å². The maximum Gasteiger partial charge on any atom is 0.271 e. The minimum atomic E-state index is -0.269. The van der Waals surface area contributed by atoms with Crippen molar-refractivity contribution in [3.05, 3.63) is 71.8 Å². The number of nitrogens with zero attached hydrogens (tertiary/aromatic N) is 1. The molecule has 1 amide bonds. The first kappa shape index (κ1) is 17.5. The zero-order valence-electron chi connectivity index (χ0n) is 14.7.